The van der Waals surface area contributed by atoms with E-state index in [9.17, 15) is 8.42 Å². The number of hydrogen-bond acceptors (Lipinski definition) is 3. The summed E-state index contributed by atoms with van der Waals surface area (Å²) in [6.45, 7) is 0.768. The van der Waals surface area contributed by atoms with Crippen LogP contribution in [0, 0.1) is 0 Å². The first-order valence-corrected chi connectivity index (χ1v) is 8.43. The minimum Gasteiger partial charge on any atom is -0.376 e. The van der Waals surface area contributed by atoms with Crippen LogP contribution in [0.2, 0.25) is 0 Å². The molecule has 2 rings (SSSR count). The summed E-state index contributed by atoms with van der Waals surface area (Å²) in [5.41, 5.74) is 1.97. The van der Waals surface area contributed by atoms with E-state index in [2.05, 4.69) is 0 Å². The molecule has 0 bridgehead atoms. The van der Waals surface area contributed by atoms with Crippen LogP contribution in [0.5, 0.6) is 0 Å². The minimum atomic E-state index is -3.55. The molecule has 0 aliphatic heterocycles. The van der Waals surface area contributed by atoms with Gasteiger partial charge in [-0.3, -0.25) is 0 Å². The molecule has 4 nitrogen and oxygen atoms in total. The molecule has 0 fully saturated rings. The van der Waals surface area contributed by atoms with Gasteiger partial charge in [0.1, 0.15) is 0 Å². The van der Waals surface area contributed by atoms with Crippen LogP contribution in [0.15, 0.2) is 60.7 Å². The molecule has 0 amide bonds. The van der Waals surface area contributed by atoms with E-state index in [1.54, 1.807) is 0 Å². The van der Waals surface area contributed by atoms with Gasteiger partial charge in [0.25, 0.3) is 0 Å². The zero-order valence-corrected chi connectivity index (χ0v) is 12.5. The second-order valence-electron chi connectivity index (χ2n) is 4.94. The molecule has 2 N–H and O–H groups in total. The fourth-order valence-electron chi connectivity index (χ4n) is 2.14. The van der Waals surface area contributed by atoms with Crippen molar-refractivity contribution >= 4 is 10.0 Å². The second-order valence-corrected chi connectivity index (χ2v) is 6.60. The molecule has 2 aromatic rings. The van der Waals surface area contributed by atoms with E-state index < -0.39 is 10.0 Å². The zero-order valence-electron chi connectivity index (χ0n) is 11.7. The Labute approximate surface area is 125 Å². The molecule has 1 unspecified atom stereocenters. The lowest BCUT2D eigenvalue weighted by molar-refractivity contribution is 0.111. The van der Waals surface area contributed by atoms with Gasteiger partial charge >= 0.3 is 0 Å². The molecule has 0 radical (unpaired) electrons. The minimum absolute atomic E-state index is 0.119. The Morgan fingerprint density at radius 3 is 2.10 bits per heavy atom. The van der Waals surface area contributed by atoms with Crippen molar-refractivity contribution in [1.82, 2.24) is 0 Å². The predicted molar refractivity (Wildman–Crippen MR) is 83.3 cm³/mol. The number of primary sulfonamides is 1. The molecule has 0 aliphatic carbocycles. The van der Waals surface area contributed by atoms with Crippen LogP contribution in [-0.4, -0.2) is 20.8 Å². The molecular weight excluding hydrogens is 286 g/mol. The van der Waals surface area contributed by atoms with Crippen molar-refractivity contribution in [3.05, 3.63) is 71.8 Å². The number of hydrogen-bond donors (Lipinski definition) is 1. The molecule has 0 aliphatic rings. The van der Waals surface area contributed by atoms with Crippen LogP contribution in [0.4, 0.5) is 0 Å². The summed E-state index contributed by atoms with van der Waals surface area (Å²) in [7, 11) is -3.55. The topological polar surface area (TPSA) is 69.4 Å². The van der Waals surface area contributed by atoms with Gasteiger partial charge in [-0.2, -0.15) is 0 Å². The largest absolute Gasteiger partial charge is 0.376 e. The van der Waals surface area contributed by atoms with Crippen LogP contribution < -0.4 is 5.14 Å². The van der Waals surface area contributed by atoms with E-state index in [1.165, 1.54) is 0 Å². The lowest BCUT2D eigenvalue weighted by Gasteiger charge is -2.16. The van der Waals surface area contributed by atoms with Gasteiger partial charge in [-0.25, -0.2) is 13.6 Å². The van der Waals surface area contributed by atoms with Crippen LogP contribution in [0.1, 0.15) is 17.0 Å². The van der Waals surface area contributed by atoms with Gasteiger partial charge in [0.2, 0.25) is 10.0 Å². The lowest BCUT2D eigenvalue weighted by Crippen LogP contribution is -2.24. The highest BCUT2D eigenvalue weighted by Crippen LogP contribution is 2.18. The zero-order chi connectivity index (χ0) is 15.1. The molecule has 0 aromatic heterocycles. The third kappa shape index (κ3) is 5.67. The van der Waals surface area contributed by atoms with Crippen LogP contribution in [-0.2, 0) is 21.4 Å². The Hall–Kier alpha value is -1.69. The molecule has 0 spiro atoms. The van der Waals surface area contributed by atoms with Crippen LogP contribution >= 0.6 is 0 Å². The standard InChI is InChI=1S/C16H19NO3S/c17-21(18,19)13-16(15-9-5-2-6-10-15)12-20-11-14-7-3-1-4-8-14/h1-10,16H,11-13H2,(H2,17,18,19). The highest BCUT2D eigenvalue weighted by atomic mass is 32.2. The van der Waals surface area contributed by atoms with Gasteiger partial charge in [-0.15, -0.1) is 0 Å². The molecule has 21 heavy (non-hydrogen) atoms. The first kappa shape index (κ1) is 15.7. The number of benzene rings is 2. The number of ether oxygens (including phenoxy) is 1. The van der Waals surface area contributed by atoms with Crippen LogP contribution in [0.3, 0.4) is 0 Å². The maximum atomic E-state index is 11.4. The van der Waals surface area contributed by atoms with Gasteiger partial charge in [0.05, 0.1) is 19.0 Å². The van der Waals surface area contributed by atoms with Crippen molar-refractivity contribution in [3.63, 3.8) is 0 Å². The van der Waals surface area contributed by atoms with Crippen molar-refractivity contribution < 1.29 is 13.2 Å². The van der Waals surface area contributed by atoms with Gasteiger partial charge in [-0.05, 0) is 11.1 Å². The average molecular weight is 305 g/mol. The molecule has 112 valence electrons. The fraction of sp³-hybridized carbons (Fsp3) is 0.250. The highest BCUT2D eigenvalue weighted by Gasteiger charge is 2.18. The van der Waals surface area contributed by atoms with E-state index in [4.69, 9.17) is 9.88 Å². The van der Waals surface area contributed by atoms with Crippen LogP contribution in [0.25, 0.3) is 0 Å². The molecule has 1 atom stereocenters. The van der Waals surface area contributed by atoms with E-state index >= 15 is 0 Å². The first-order chi connectivity index (χ1) is 10.0. The summed E-state index contributed by atoms with van der Waals surface area (Å²) in [6.07, 6.45) is 0. The van der Waals surface area contributed by atoms with E-state index in [-0.39, 0.29) is 11.7 Å². The Balaban J connectivity index is 2.00. The van der Waals surface area contributed by atoms with Crippen molar-refractivity contribution in [2.45, 2.75) is 12.5 Å². The Morgan fingerprint density at radius 2 is 1.52 bits per heavy atom. The Bertz CT molecular complexity index is 642. The van der Waals surface area contributed by atoms with Crippen molar-refractivity contribution in [2.75, 3.05) is 12.4 Å². The van der Waals surface area contributed by atoms with Gasteiger partial charge < -0.3 is 4.74 Å². The molecular formula is C16H19NO3S. The van der Waals surface area contributed by atoms with E-state index in [0.717, 1.165) is 11.1 Å². The third-order valence-electron chi connectivity index (χ3n) is 3.14. The Morgan fingerprint density at radius 1 is 0.952 bits per heavy atom. The number of rotatable bonds is 7. The summed E-state index contributed by atoms with van der Waals surface area (Å²) in [5, 5.41) is 5.17. The maximum Gasteiger partial charge on any atom is 0.209 e. The summed E-state index contributed by atoms with van der Waals surface area (Å²) in [6, 6.07) is 19.2. The summed E-state index contributed by atoms with van der Waals surface area (Å²) >= 11 is 0. The van der Waals surface area contributed by atoms with Crippen molar-refractivity contribution in [3.8, 4) is 0 Å². The van der Waals surface area contributed by atoms with Crippen molar-refractivity contribution in [2.24, 2.45) is 5.14 Å². The van der Waals surface area contributed by atoms with Gasteiger partial charge in [0.15, 0.2) is 0 Å². The smallest absolute Gasteiger partial charge is 0.209 e. The molecule has 5 heteroatoms. The summed E-state index contributed by atoms with van der Waals surface area (Å²) < 4.78 is 28.4. The SMILES string of the molecule is NS(=O)(=O)CC(COCc1ccccc1)c1ccccc1. The lowest BCUT2D eigenvalue weighted by atomic mass is 10.0. The quantitative estimate of drug-likeness (QED) is 0.853. The molecule has 0 saturated carbocycles. The first-order valence-electron chi connectivity index (χ1n) is 6.72. The third-order valence-corrected chi connectivity index (χ3v) is 4.00. The number of sulfonamides is 1. The number of nitrogens with two attached hydrogens (primary N) is 1. The molecule has 0 saturated heterocycles. The van der Waals surface area contributed by atoms with Gasteiger partial charge in [-0.1, -0.05) is 60.7 Å². The van der Waals surface area contributed by atoms with E-state index in [0.29, 0.717) is 13.2 Å². The average Bonchev–Trinajstić information content (AvgIpc) is 2.47. The molecule has 2 aromatic carbocycles. The monoisotopic (exact) mass is 305 g/mol. The van der Waals surface area contributed by atoms with E-state index in [1.807, 2.05) is 60.7 Å². The van der Waals surface area contributed by atoms with Crippen molar-refractivity contribution in [1.29, 1.82) is 0 Å². The summed E-state index contributed by atoms with van der Waals surface area (Å²) in [5.74, 6) is -0.379. The second kappa shape index (κ2) is 7.36. The van der Waals surface area contributed by atoms with Gasteiger partial charge in [0, 0.05) is 5.92 Å². The highest BCUT2D eigenvalue weighted by molar-refractivity contribution is 7.89. The Kier molecular flexibility index (Phi) is 5.50. The maximum absolute atomic E-state index is 11.4. The fourth-order valence-corrected chi connectivity index (χ4v) is 2.99. The normalized spacial score (nSPS) is 13.0. The summed E-state index contributed by atoms with van der Waals surface area (Å²) in [4.78, 5) is 0. The predicted octanol–water partition coefficient (Wildman–Crippen LogP) is 2.28. The molecule has 0 heterocycles.